The Bertz CT molecular complexity index is 986. The van der Waals surface area contributed by atoms with Gasteiger partial charge in [-0.25, -0.2) is 4.79 Å². The SMILES string of the molecule is COC(=O)c1ccc(CNc2ccnc3c(Br)cccc23)nc1C1CC1. The van der Waals surface area contributed by atoms with Crippen LogP contribution in [0.5, 0.6) is 0 Å². The van der Waals surface area contributed by atoms with Gasteiger partial charge in [0.05, 0.1) is 36.1 Å². The average Bonchev–Trinajstić information content (AvgIpc) is 3.51. The number of methoxy groups -OCH3 is 1. The molecule has 6 heteroatoms. The highest BCUT2D eigenvalue weighted by Crippen LogP contribution is 2.41. The summed E-state index contributed by atoms with van der Waals surface area (Å²) in [6, 6.07) is 11.7. The zero-order valence-corrected chi connectivity index (χ0v) is 15.9. The lowest BCUT2D eigenvalue weighted by Gasteiger charge is -2.12. The molecular weight excluding hydrogens is 394 g/mol. The molecule has 4 rings (SSSR count). The fourth-order valence-electron chi connectivity index (χ4n) is 3.05. The minimum Gasteiger partial charge on any atom is -0.465 e. The third-order valence-electron chi connectivity index (χ3n) is 4.53. The van der Waals surface area contributed by atoms with E-state index in [1.165, 1.54) is 7.11 Å². The molecule has 0 amide bonds. The number of pyridine rings is 2. The number of nitrogens with one attached hydrogen (secondary N) is 1. The van der Waals surface area contributed by atoms with Gasteiger partial charge in [0, 0.05) is 27.7 Å². The van der Waals surface area contributed by atoms with E-state index in [1.807, 2.05) is 36.4 Å². The van der Waals surface area contributed by atoms with Crippen LogP contribution < -0.4 is 5.32 Å². The summed E-state index contributed by atoms with van der Waals surface area (Å²) in [5, 5.41) is 4.49. The maximum atomic E-state index is 11.9. The molecule has 26 heavy (non-hydrogen) atoms. The molecule has 0 saturated heterocycles. The first kappa shape index (κ1) is 17.0. The van der Waals surface area contributed by atoms with Gasteiger partial charge >= 0.3 is 5.97 Å². The molecule has 2 heterocycles. The van der Waals surface area contributed by atoms with Crippen LogP contribution >= 0.6 is 15.9 Å². The molecule has 2 aromatic heterocycles. The first-order valence-electron chi connectivity index (χ1n) is 8.52. The van der Waals surface area contributed by atoms with Gasteiger partial charge in [-0.05, 0) is 53.0 Å². The maximum absolute atomic E-state index is 11.9. The number of aromatic nitrogens is 2. The number of carbonyl (C=O) groups is 1. The number of carbonyl (C=O) groups excluding carboxylic acids is 1. The molecule has 5 nitrogen and oxygen atoms in total. The van der Waals surface area contributed by atoms with Gasteiger partial charge < -0.3 is 10.1 Å². The predicted molar refractivity (Wildman–Crippen MR) is 104 cm³/mol. The number of nitrogens with zero attached hydrogens (tertiary/aromatic N) is 2. The number of ether oxygens (including phenoxy) is 1. The van der Waals surface area contributed by atoms with Gasteiger partial charge in [-0.2, -0.15) is 0 Å². The smallest absolute Gasteiger partial charge is 0.339 e. The third kappa shape index (κ3) is 3.29. The highest BCUT2D eigenvalue weighted by Gasteiger charge is 2.30. The highest BCUT2D eigenvalue weighted by molar-refractivity contribution is 9.10. The minimum atomic E-state index is -0.316. The third-order valence-corrected chi connectivity index (χ3v) is 5.17. The molecular formula is C20H18BrN3O2. The standard InChI is InChI=1S/C20H18BrN3O2/c1-26-20(25)15-8-7-13(24-18(15)12-5-6-12)11-23-17-9-10-22-19-14(17)3-2-4-16(19)21/h2-4,7-10,12H,5-6,11H2,1H3,(H,22,23). The van der Waals surface area contributed by atoms with Gasteiger partial charge in [0.2, 0.25) is 0 Å². The van der Waals surface area contributed by atoms with Crippen molar-refractivity contribution in [3.8, 4) is 0 Å². The second-order valence-corrected chi connectivity index (χ2v) is 7.20. The molecule has 132 valence electrons. The number of benzene rings is 1. The minimum absolute atomic E-state index is 0.316. The average molecular weight is 412 g/mol. The van der Waals surface area contributed by atoms with Crippen molar-refractivity contribution in [1.29, 1.82) is 0 Å². The van der Waals surface area contributed by atoms with Gasteiger partial charge in [0.15, 0.2) is 0 Å². The lowest BCUT2D eigenvalue weighted by Crippen LogP contribution is -2.10. The molecule has 1 N–H and O–H groups in total. The first-order chi connectivity index (χ1) is 12.7. The molecule has 0 bridgehead atoms. The number of esters is 1. The van der Waals surface area contributed by atoms with Crippen LogP contribution in [0, 0.1) is 0 Å². The number of hydrogen-bond donors (Lipinski definition) is 1. The summed E-state index contributed by atoms with van der Waals surface area (Å²) in [5.41, 5.74) is 4.27. The molecule has 1 aliphatic carbocycles. The van der Waals surface area contributed by atoms with E-state index in [9.17, 15) is 4.79 Å². The second-order valence-electron chi connectivity index (χ2n) is 6.35. The van der Waals surface area contributed by atoms with Crippen molar-refractivity contribution in [2.45, 2.75) is 25.3 Å². The first-order valence-corrected chi connectivity index (χ1v) is 9.32. The zero-order valence-electron chi connectivity index (χ0n) is 14.3. The molecule has 1 aromatic carbocycles. The number of rotatable bonds is 5. The fourth-order valence-corrected chi connectivity index (χ4v) is 3.51. The Morgan fingerprint density at radius 1 is 1.27 bits per heavy atom. The van der Waals surface area contributed by atoms with E-state index in [-0.39, 0.29) is 5.97 Å². The van der Waals surface area contributed by atoms with Crippen molar-refractivity contribution >= 4 is 38.5 Å². The molecule has 1 saturated carbocycles. The van der Waals surface area contributed by atoms with Gasteiger partial charge in [0.25, 0.3) is 0 Å². The van der Waals surface area contributed by atoms with E-state index in [4.69, 9.17) is 9.72 Å². The molecule has 0 radical (unpaired) electrons. The summed E-state index contributed by atoms with van der Waals surface area (Å²) in [5.74, 6) is 0.0608. The zero-order chi connectivity index (χ0) is 18.1. The molecule has 1 aliphatic rings. The summed E-state index contributed by atoms with van der Waals surface area (Å²) in [7, 11) is 1.40. The second kappa shape index (κ2) is 7.03. The van der Waals surface area contributed by atoms with E-state index in [0.717, 1.165) is 45.3 Å². The van der Waals surface area contributed by atoms with Crippen LogP contribution in [0.4, 0.5) is 5.69 Å². The monoisotopic (exact) mass is 411 g/mol. The number of para-hydroxylation sites is 1. The molecule has 0 unspecified atom stereocenters. The summed E-state index contributed by atoms with van der Waals surface area (Å²) in [4.78, 5) is 21.1. The molecule has 0 aliphatic heterocycles. The van der Waals surface area contributed by atoms with E-state index >= 15 is 0 Å². The van der Waals surface area contributed by atoms with Crippen molar-refractivity contribution in [3.63, 3.8) is 0 Å². The maximum Gasteiger partial charge on any atom is 0.339 e. The van der Waals surface area contributed by atoms with Crippen molar-refractivity contribution < 1.29 is 9.53 Å². The van der Waals surface area contributed by atoms with E-state index in [1.54, 1.807) is 6.20 Å². The van der Waals surface area contributed by atoms with Crippen molar-refractivity contribution in [3.05, 3.63) is 64.0 Å². The summed E-state index contributed by atoms with van der Waals surface area (Å²) in [6.07, 6.45) is 3.95. The number of halogens is 1. The Kier molecular flexibility index (Phi) is 4.59. The van der Waals surface area contributed by atoms with Crippen molar-refractivity contribution in [2.75, 3.05) is 12.4 Å². The largest absolute Gasteiger partial charge is 0.465 e. The number of hydrogen-bond acceptors (Lipinski definition) is 5. The Hall–Kier alpha value is -2.47. The number of anilines is 1. The fraction of sp³-hybridized carbons (Fsp3) is 0.250. The quantitative estimate of drug-likeness (QED) is 0.618. The lowest BCUT2D eigenvalue weighted by atomic mass is 10.1. The van der Waals surface area contributed by atoms with E-state index in [2.05, 4.69) is 26.2 Å². The highest BCUT2D eigenvalue weighted by atomic mass is 79.9. The molecule has 1 fully saturated rings. The van der Waals surface area contributed by atoms with Crippen LogP contribution in [0.1, 0.15) is 40.5 Å². The van der Waals surface area contributed by atoms with Gasteiger partial charge in [-0.15, -0.1) is 0 Å². The van der Waals surface area contributed by atoms with Crippen LogP contribution in [-0.4, -0.2) is 23.0 Å². The Labute approximate surface area is 159 Å². The number of fused-ring (bicyclic) bond motifs is 1. The summed E-state index contributed by atoms with van der Waals surface area (Å²) < 4.78 is 5.85. The van der Waals surface area contributed by atoms with E-state index in [0.29, 0.717) is 18.0 Å². The Balaban J connectivity index is 1.60. The normalized spacial score (nSPS) is 13.6. The van der Waals surface area contributed by atoms with Crippen molar-refractivity contribution in [2.24, 2.45) is 0 Å². The van der Waals surface area contributed by atoms with Crippen LogP contribution in [0.15, 0.2) is 47.1 Å². The van der Waals surface area contributed by atoms with Crippen LogP contribution in [-0.2, 0) is 11.3 Å². The van der Waals surface area contributed by atoms with Crippen LogP contribution in [0.3, 0.4) is 0 Å². The van der Waals surface area contributed by atoms with Crippen LogP contribution in [0.25, 0.3) is 10.9 Å². The van der Waals surface area contributed by atoms with Gasteiger partial charge in [-0.1, -0.05) is 12.1 Å². The van der Waals surface area contributed by atoms with E-state index < -0.39 is 0 Å². The Morgan fingerprint density at radius 2 is 2.12 bits per heavy atom. The van der Waals surface area contributed by atoms with Crippen LogP contribution in [0.2, 0.25) is 0 Å². The summed E-state index contributed by atoms with van der Waals surface area (Å²) in [6.45, 7) is 0.576. The Morgan fingerprint density at radius 3 is 2.88 bits per heavy atom. The summed E-state index contributed by atoms with van der Waals surface area (Å²) >= 11 is 3.54. The predicted octanol–water partition coefficient (Wildman–Crippen LogP) is 4.67. The molecule has 0 spiro atoms. The molecule has 0 atom stereocenters. The topological polar surface area (TPSA) is 64.1 Å². The van der Waals surface area contributed by atoms with Crippen molar-refractivity contribution in [1.82, 2.24) is 9.97 Å². The van der Waals surface area contributed by atoms with Gasteiger partial charge in [-0.3, -0.25) is 9.97 Å². The molecule has 3 aromatic rings. The lowest BCUT2D eigenvalue weighted by molar-refractivity contribution is 0.0598. The van der Waals surface area contributed by atoms with Gasteiger partial charge in [0.1, 0.15) is 0 Å².